The van der Waals surface area contributed by atoms with Gasteiger partial charge in [-0.15, -0.1) is 0 Å². The molecule has 0 aliphatic rings. The van der Waals surface area contributed by atoms with Gasteiger partial charge in [-0.25, -0.2) is 33.7 Å². The molecule has 0 rings (SSSR count). The number of hydrogen-bond donors (Lipinski definition) is 0. The molecular formula is C8H20O12PtS4. The molecule has 158 valence electrons. The van der Waals surface area contributed by atoms with Crippen LogP contribution < -0.4 is 0 Å². The molecule has 25 heavy (non-hydrogen) atoms. The van der Waals surface area contributed by atoms with Crippen LogP contribution in [0, 0.1) is 0 Å². The van der Waals surface area contributed by atoms with Gasteiger partial charge in [-0.05, 0) is 0 Å². The summed E-state index contributed by atoms with van der Waals surface area (Å²) in [6.45, 7) is 5.23. The van der Waals surface area contributed by atoms with Crippen molar-refractivity contribution < 1.29 is 72.9 Å². The molecule has 0 aliphatic heterocycles. The fraction of sp³-hybridized carbons (Fsp3) is 1.00. The van der Waals surface area contributed by atoms with Crippen LogP contribution in [-0.4, -0.2) is 74.9 Å². The van der Waals surface area contributed by atoms with E-state index in [4.69, 9.17) is 0 Å². The van der Waals surface area contributed by atoms with Crippen LogP contribution in [0.1, 0.15) is 27.7 Å². The van der Waals surface area contributed by atoms with Crippen molar-refractivity contribution in [1.29, 1.82) is 0 Å². The van der Waals surface area contributed by atoms with E-state index in [2.05, 4.69) is 0 Å². The molecule has 0 bridgehead atoms. The molecule has 0 fully saturated rings. The van der Waals surface area contributed by atoms with E-state index in [1.807, 2.05) is 0 Å². The molecule has 0 atom stereocenters. The predicted molar refractivity (Wildman–Crippen MR) is 81.0 cm³/mol. The van der Waals surface area contributed by atoms with Crippen molar-refractivity contribution in [2.24, 2.45) is 0 Å². The summed E-state index contributed by atoms with van der Waals surface area (Å²) in [4.78, 5) is 0. The van der Waals surface area contributed by atoms with Gasteiger partial charge in [0, 0.05) is 23.0 Å². The minimum atomic E-state index is -3.91. The minimum Gasteiger partial charge on any atom is -0.748 e. The van der Waals surface area contributed by atoms with Gasteiger partial charge in [0.1, 0.15) is 0 Å². The molecule has 0 aliphatic carbocycles. The average molecular weight is 632 g/mol. The summed E-state index contributed by atoms with van der Waals surface area (Å²) in [7, 11) is -15.6. The zero-order valence-corrected chi connectivity index (χ0v) is 19.2. The Morgan fingerprint density at radius 3 is 0.480 bits per heavy atom. The van der Waals surface area contributed by atoms with Crippen molar-refractivity contribution in [3.05, 3.63) is 0 Å². The van der Waals surface area contributed by atoms with E-state index >= 15 is 0 Å². The predicted octanol–water partition coefficient (Wildman–Crippen LogP) is -1.80. The molecule has 0 heterocycles. The van der Waals surface area contributed by atoms with Gasteiger partial charge >= 0.3 is 21.1 Å². The van der Waals surface area contributed by atoms with E-state index in [9.17, 15) is 51.9 Å². The third-order valence-corrected chi connectivity index (χ3v) is 4.24. The normalized spacial score (nSPS) is 11.2. The molecule has 0 aromatic heterocycles. The standard InChI is InChI=1S/4C2H6O3S.Pt/c4*1-2-6(3,4)5;/h4*2H2,1H3,(H,3,4,5);/q;;;;+4/p-4. The summed E-state index contributed by atoms with van der Waals surface area (Å²) < 4.78 is 113. The first kappa shape index (κ1) is 36.3. The fourth-order valence-electron chi connectivity index (χ4n) is 0. The summed E-state index contributed by atoms with van der Waals surface area (Å²) in [6, 6.07) is 0. The van der Waals surface area contributed by atoms with Gasteiger partial charge in [-0.3, -0.25) is 0 Å². The quantitative estimate of drug-likeness (QED) is 0.313. The number of rotatable bonds is 4. The monoisotopic (exact) mass is 631 g/mol. The second kappa shape index (κ2) is 16.5. The molecule has 0 unspecified atom stereocenters. The van der Waals surface area contributed by atoms with E-state index < -0.39 is 40.5 Å². The summed E-state index contributed by atoms with van der Waals surface area (Å²) in [5.41, 5.74) is 0. The van der Waals surface area contributed by atoms with Crippen molar-refractivity contribution in [3.8, 4) is 0 Å². The zero-order chi connectivity index (χ0) is 20.8. The minimum absolute atomic E-state index is 0. The Hall–Kier alpha value is 0.328. The van der Waals surface area contributed by atoms with Crippen molar-refractivity contribution in [2.45, 2.75) is 27.7 Å². The van der Waals surface area contributed by atoms with Gasteiger partial charge in [0.2, 0.25) is 0 Å². The van der Waals surface area contributed by atoms with Crippen LogP contribution in [0.4, 0.5) is 0 Å². The van der Waals surface area contributed by atoms with Crippen LogP contribution in [0.2, 0.25) is 0 Å². The fourth-order valence-corrected chi connectivity index (χ4v) is 0. The van der Waals surface area contributed by atoms with Gasteiger partial charge in [0.15, 0.2) is 0 Å². The molecule has 0 saturated carbocycles. The van der Waals surface area contributed by atoms with Crippen LogP contribution in [0.15, 0.2) is 0 Å². The van der Waals surface area contributed by atoms with Crippen LogP contribution in [-0.2, 0) is 61.5 Å². The number of hydrogen-bond acceptors (Lipinski definition) is 12. The summed E-state index contributed by atoms with van der Waals surface area (Å²) in [5.74, 6) is -1.25. The molecule has 0 amide bonds. The van der Waals surface area contributed by atoms with Gasteiger partial charge < -0.3 is 18.2 Å². The Morgan fingerprint density at radius 1 is 0.440 bits per heavy atom. The SMILES string of the molecule is CCS(=O)(=O)[O-].CCS(=O)(=O)[O-].CCS(=O)(=O)[O-].CCS(=O)(=O)[O-].[Pt+4]. The van der Waals surface area contributed by atoms with E-state index in [1.165, 1.54) is 27.7 Å². The third-order valence-electron chi connectivity index (χ3n) is 1.41. The molecule has 0 saturated heterocycles. The molecule has 12 nitrogen and oxygen atoms in total. The van der Waals surface area contributed by atoms with Gasteiger partial charge in [0.05, 0.1) is 40.5 Å². The van der Waals surface area contributed by atoms with Gasteiger partial charge in [-0.2, -0.15) is 0 Å². The summed E-state index contributed by atoms with van der Waals surface area (Å²) >= 11 is 0. The van der Waals surface area contributed by atoms with E-state index in [0.717, 1.165) is 0 Å². The Morgan fingerprint density at radius 2 is 0.480 bits per heavy atom. The average Bonchev–Trinajstić information content (AvgIpc) is 2.37. The maximum atomic E-state index is 9.44. The van der Waals surface area contributed by atoms with E-state index in [0.29, 0.717) is 0 Å². The zero-order valence-electron chi connectivity index (χ0n) is 13.7. The Balaban J connectivity index is -0.0000000702. The third kappa shape index (κ3) is 79.8. The van der Waals surface area contributed by atoms with Crippen LogP contribution in [0.5, 0.6) is 0 Å². The Labute approximate surface area is 163 Å². The molecule has 0 aromatic rings. The molecule has 0 radical (unpaired) electrons. The first-order valence-electron chi connectivity index (χ1n) is 5.98. The van der Waals surface area contributed by atoms with Crippen LogP contribution >= 0.6 is 0 Å². The van der Waals surface area contributed by atoms with Gasteiger partial charge in [0.25, 0.3) is 0 Å². The van der Waals surface area contributed by atoms with Crippen LogP contribution in [0.3, 0.4) is 0 Å². The van der Waals surface area contributed by atoms with Gasteiger partial charge in [-0.1, -0.05) is 27.7 Å². The summed E-state index contributed by atoms with van der Waals surface area (Å²) in [6.07, 6.45) is 0. The topological polar surface area (TPSA) is 229 Å². The smallest absolute Gasteiger partial charge is 0.748 e. The second-order valence-corrected chi connectivity index (χ2v) is 10.2. The van der Waals surface area contributed by atoms with Crippen molar-refractivity contribution in [3.63, 3.8) is 0 Å². The van der Waals surface area contributed by atoms with Crippen molar-refractivity contribution >= 4 is 40.5 Å². The maximum Gasteiger partial charge on any atom is 4.00 e. The summed E-state index contributed by atoms with van der Waals surface area (Å²) in [5, 5.41) is 0. The maximum absolute atomic E-state index is 9.44. The molecule has 17 heteroatoms. The second-order valence-electron chi connectivity index (χ2n) is 3.39. The largest absolute Gasteiger partial charge is 4.00 e. The first-order chi connectivity index (χ1) is 10.2. The van der Waals surface area contributed by atoms with Crippen molar-refractivity contribution in [1.82, 2.24) is 0 Å². The molecule has 0 aromatic carbocycles. The van der Waals surface area contributed by atoms with Crippen LogP contribution in [0.25, 0.3) is 0 Å². The Bertz CT molecular complexity index is 577. The van der Waals surface area contributed by atoms with E-state index in [1.54, 1.807) is 0 Å². The molecule has 0 spiro atoms. The first-order valence-corrected chi connectivity index (χ1v) is 12.3. The Kier molecular flexibility index (Phi) is 23.9. The molecule has 0 N–H and O–H groups in total. The molecular weight excluding hydrogens is 611 g/mol. The van der Waals surface area contributed by atoms with E-state index in [-0.39, 0.29) is 44.1 Å². The van der Waals surface area contributed by atoms with Crippen molar-refractivity contribution in [2.75, 3.05) is 23.0 Å².